The van der Waals surface area contributed by atoms with Gasteiger partial charge in [0.25, 0.3) is 0 Å². The number of rotatable bonds is 8. The summed E-state index contributed by atoms with van der Waals surface area (Å²) < 4.78 is 36.0. The van der Waals surface area contributed by atoms with E-state index in [4.69, 9.17) is 18.6 Å². The first-order chi connectivity index (χ1) is 18.2. The molecule has 0 fully saturated rings. The van der Waals surface area contributed by atoms with E-state index in [0.717, 1.165) is 22.3 Å². The number of allylic oxidation sites excluding steroid dienone is 1. The molecule has 0 saturated carbocycles. The third-order valence-corrected chi connectivity index (χ3v) is 6.62. The van der Waals surface area contributed by atoms with Crippen LogP contribution in [0.2, 0.25) is 0 Å². The molecule has 4 rings (SSSR count). The Bertz CT molecular complexity index is 1320. The second-order valence-corrected chi connectivity index (χ2v) is 9.30. The van der Waals surface area contributed by atoms with E-state index in [2.05, 4.69) is 5.32 Å². The summed E-state index contributed by atoms with van der Waals surface area (Å²) in [5.41, 5.74) is 3.35. The number of furan rings is 1. The summed E-state index contributed by atoms with van der Waals surface area (Å²) in [6.45, 7) is 2.31. The Morgan fingerprint density at radius 1 is 1.11 bits per heavy atom. The number of ether oxygens (including phenoxy) is 3. The number of methoxy groups -OCH3 is 2. The zero-order valence-corrected chi connectivity index (χ0v) is 22.0. The Hall–Kier alpha value is -4.27. The average Bonchev–Trinajstić information content (AvgIpc) is 3.50. The van der Waals surface area contributed by atoms with Crippen LogP contribution in [0.3, 0.4) is 0 Å². The van der Waals surface area contributed by atoms with E-state index in [9.17, 15) is 14.0 Å². The Balaban J connectivity index is 1.66. The number of nitrogens with one attached hydrogen (secondary N) is 1. The molecule has 9 heteroatoms. The minimum atomic E-state index is -0.568. The first-order valence-corrected chi connectivity index (χ1v) is 12.2. The maximum Gasteiger partial charge on any atom is 0.414 e. The molecule has 0 aliphatic heterocycles. The maximum absolute atomic E-state index is 14.3. The van der Waals surface area contributed by atoms with E-state index in [1.54, 1.807) is 50.7 Å². The molecule has 0 saturated heterocycles. The summed E-state index contributed by atoms with van der Waals surface area (Å²) in [6, 6.07) is 11.7. The first-order valence-electron chi connectivity index (χ1n) is 12.2. The van der Waals surface area contributed by atoms with Crippen LogP contribution in [0.1, 0.15) is 41.7 Å². The highest BCUT2D eigenvalue weighted by Gasteiger charge is 2.35. The zero-order valence-electron chi connectivity index (χ0n) is 22.0. The van der Waals surface area contributed by atoms with Crippen LogP contribution in [-0.4, -0.2) is 45.2 Å². The lowest BCUT2D eigenvalue weighted by atomic mass is 9.88. The number of carbonyl (C=O) groups excluding carboxylic acids is 2. The lowest BCUT2D eigenvalue weighted by molar-refractivity contribution is -0.121. The van der Waals surface area contributed by atoms with Crippen LogP contribution in [0.15, 0.2) is 53.1 Å². The highest BCUT2D eigenvalue weighted by Crippen LogP contribution is 2.49. The predicted octanol–water partition coefficient (Wildman–Crippen LogP) is 5.48. The molecule has 0 spiro atoms. The number of hydrogen-bond donors (Lipinski definition) is 1. The fourth-order valence-electron chi connectivity index (χ4n) is 4.64. The molecular formula is C29H31FN2O6. The molecule has 1 aliphatic rings. The summed E-state index contributed by atoms with van der Waals surface area (Å²) in [4.78, 5) is 26.3. The molecule has 2 atom stereocenters. The van der Waals surface area contributed by atoms with Crippen LogP contribution < -0.4 is 19.5 Å². The summed E-state index contributed by atoms with van der Waals surface area (Å²) in [7, 11) is 6.11. The van der Waals surface area contributed by atoms with Gasteiger partial charge in [-0.2, -0.15) is 0 Å². The normalized spacial score (nSPS) is 17.2. The van der Waals surface area contributed by atoms with Crippen molar-refractivity contribution in [3.8, 4) is 17.2 Å². The van der Waals surface area contributed by atoms with Gasteiger partial charge in [0.05, 0.1) is 27.0 Å². The minimum absolute atomic E-state index is 0.0793. The zero-order chi connectivity index (χ0) is 27.4. The van der Waals surface area contributed by atoms with Crippen LogP contribution >= 0.6 is 0 Å². The van der Waals surface area contributed by atoms with Gasteiger partial charge >= 0.3 is 6.09 Å². The molecule has 200 valence electrons. The first kappa shape index (κ1) is 26.8. The van der Waals surface area contributed by atoms with Crippen LogP contribution in [-0.2, 0) is 11.3 Å². The standard InChI is InChI=1S/C29H31FN2O6/c1-17-22(11-18-12-25(35-4)28(26(13-18)36-5)38-29(34)32(2)3)21-9-8-19(30)14-24(21)23(17)15-27(33)31-16-20-7-6-10-37-20/h6-14,17,23H,15-16H2,1-5H3,(H,31,33)/b22-11-. The number of fused-ring (bicyclic) bond motifs is 1. The summed E-state index contributed by atoms with van der Waals surface area (Å²) in [6.07, 6.45) is 3.15. The van der Waals surface area contributed by atoms with Gasteiger partial charge in [-0.15, -0.1) is 0 Å². The van der Waals surface area contributed by atoms with Gasteiger partial charge < -0.3 is 28.8 Å². The van der Waals surface area contributed by atoms with Gasteiger partial charge in [-0.25, -0.2) is 9.18 Å². The van der Waals surface area contributed by atoms with Gasteiger partial charge in [0.1, 0.15) is 11.6 Å². The highest BCUT2D eigenvalue weighted by molar-refractivity contribution is 5.90. The third kappa shape index (κ3) is 5.66. The van der Waals surface area contributed by atoms with Crippen molar-refractivity contribution < 1.29 is 32.6 Å². The largest absolute Gasteiger partial charge is 0.493 e. The number of amides is 2. The maximum atomic E-state index is 14.3. The van der Waals surface area contributed by atoms with Crippen LogP contribution in [0.25, 0.3) is 11.6 Å². The molecule has 1 aromatic heterocycles. The third-order valence-electron chi connectivity index (χ3n) is 6.62. The van der Waals surface area contributed by atoms with Crippen molar-refractivity contribution >= 4 is 23.6 Å². The van der Waals surface area contributed by atoms with Crippen molar-refractivity contribution in [2.45, 2.75) is 25.8 Å². The number of benzene rings is 2. The fraction of sp³-hybridized carbons (Fsp3) is 0.310. The van der Waals surface area contributed by atoms with Crippen molar-refractivity contribution in [3.05, 3.63) is 77.0 Å². The van der Waals surface area contributed by atoms with Crippen LogP contribution in [0.5, 0.6) is 17.2 Å². The second-order valence-electron chi connectivity index (χ2n) is 9.30. The molecule has 1 aliphatic carbocycles. The van der Waals surface area contributed by atoms with E-state index in [0.29, 0.717) is 17.3 Å². The monoisotopic (exact) mass is 522 g/mol. The molecule has 2 aromatic carbocycles. The Kier molecular flexibility index (Phi) is 8.05. The second kappa shape index (κ2) is 11.4. The lowest BCUT2D eigenvalue weighted by Crippen LogP contribution is -2.25. The van der Waals surface area contributed by atoms with Crippen molar-refractivity contribution in [3.63, 3.8) is 0 Å². The van der Waals surface area contributed by atoms with E-state index >= 15 is 0 Å². The Morgan fingerprint density at radius 3 is 2.42 bits per heavy atom. The van der Waals surface area contributed by atoms with Crippen molar-refractivity contribution in [2.24, 2.45) is 5.92 Å². The molecular weight excluding hydrogens is 491 g/mol. The van der Waals surface area contributed by atoms with Gasteiger partial charge in [0.15, 0.2) is 11.5 Å². The van der Waals surface area contributed by atoms with Crippen LogP contribution in [0, 0.1) is 11.7 Å². The molecule has 1 N–H and O–H groups in total. The summed E-state index contributed by atoms with van der Waals surface area (Å²) in [5.74, 6) is 0.683. The minimum Gasteiger partial charge on any atom is -0.493 e. The quantitative estimate of drug-likeness (QED) is 0.422. The molecule has 2 amide bonds. The molecule has 0 radical (unpaired) electrons. The van der Waals surface area contributed by atoms with E-state index < -0.39 is 6.09 Å². The lowest BCUT2D eigenvalue weighted by Gasteiger charge is -2.18. The van der Waals surface area contributed by atoms with Crippen molar-refractivity contribution in [1.29, 1.82) is 0 Å². The highest BCUT2D eigenvalue weighted by atomic mass is 19.1. The number of nitrogens with zero attached hydrogens (tertiary/aromatic N) is 1. The van der Waals surface area contributed by atoms with E-state index in [1.165, 1.54) is 31.3 Å². The molecule has 3 aromatic rings. The van der Waals surface area contributed by atoms with Gasteiger partial charge in [-0.05, 0) is 70.5 Å². The van der Waals surface area contributed by atoms with Gasteiger partial charge in [-0.1, -0.05) is 19.1 Å². The Morgan fingerprint density at radius 2 is 1.82 bits per heavy atom. The summed E-state index contributed by atoms with van der Waals surface area (Å²) in [5, 5.41) is 2.88. The fourth-order valence-corrected chi connectivity index (χ4v) is 4.64. The SMILES string of the molecule is COc1cc(/C=C2\c3ccc(F)cc3C(CC(=O)NCc3ccco3)C2C)cc(OC)c1OC(=O)N(C)C. The topological polar surface area (TPSA) is 90.2 Å². The molecule has 38 heavy (non-hydrogen) atoms. The van der Waals surface area contributed by atoms with Crippen molar-refractivity contribution in [1.82, 2.24) is 10.2 Å². The molecule has 8 nitrogen and oxygen atoms in total. The molecule has 2 unspecified atom stereocenters. The van der Waals surface area contributed by atoms with Gasteiger partial charge in [0, 0.05) is 20.5 Å². The number of carbonyl (C=O) groups is 2. The number of hydrogen-bond acceptors (Lipinski definition) is 6. The van der Waals surface area contributed by atoms with Crippen molar-refractivity contribution in [2.75, 3.05) is 28.3 Å². The number of halogens is 1. The van der Waals surface area contributed by atoms with E-state index in [1.807, 2.05) is 13.0 Å². The molecule has 1 heterocycles. The molecule has 0 bridgehead atoms. The van der Waals surface area contributed by atoms with Gasteiger partial charge in [0.2, 0.25) is 11.7 Å². The summed E-state index contributed by atoms with van der Waals surface area (Å²) >= 11 is 0. The van der Waals surface area contributed by atoms with E-state index in [-0.39, 0.29) is 42.3 Å². The van der Waals surface area contributed by atoms with Crippen LogP contribution in [0.4, 0.5) is 9.18 Å². The smallest absolute Gasteiger partial charge is 0.414 e. The average molecular weight is 523 g/mol. The predicted molar refractivity (Wildman–Crippen MR) is 141 cm³/mol. The Labute approximate surface area is 221 Å². The van der Waals surface area contributed by atoms with Gasteiger partial charge in [-0.3, -0.25) is 4.79 Å².